The van der Waals surface area contributed by atoms with E-state index >= 15 is 0 Å². The van der Waals surface area contributed by atoms with Crippen LogP contribution < -0.4 is 5.32 Å². The van der Waals surface area contributed by atoms with E-state index in [1.807, 2.05) is 41.4 Å². The number of nitrogens with zero attached hydrogens (tertiary/aromatic N) is 5. The largest absolute Gasteiger partial charge is 0.309 e. The predicted octanol–water partition coefficient (Wildman–Crippen LogP) is 4.62. The number of nitrogens with one attached hydrogen (secondary N) is 1. The van der Waals surface area contributed by atoms with E-state index in [4.69, 9.17) is 4.98 Å². The van der Waals surface area contributed by atoms with Crippen LogP contribution in [0.15, 0.2) is 54.0 Å². The summed E-state index contributed by atoms with van der Waals surface area (Å²) in [6.07, 6.45) is 4.22. The van der Waals surface area contributed by atoms with Crippen LogP contribution in [0.4, 0.5) is 11.8 Å². The normalized spacial score (nSPS) is 13.7. The monoisotopic (exact) mass is 374 g/mol. The fourth-order valence-electron chi connectivity index (χ4n) is 2.97. The van der Waals surface area contributed by atoms with Gasteiger partial charge in [0.05, 0.1) is 11.4 Å². The van der Waals surface area contributed by atoms with E-state index in [0.717, 1.165) is 33.5 Å². The van der Waals surface area contributed by atoms with Crippen molar-refractivity contribution < 1.29 is 0 Å². The van der Waals surface area contributed by atoms with Gasteiger partial charge in [0.1, 0.15) is 16.5 Å². The molecule has 3 aromatic heterocycles. The Balaban J connectivity index is 1.40. The van der Waals surface area contributed by atoms with Crippen LogP contribution >= 0.6 is 11.3 Å². The first-order chi connectivity index (χ1) is 13.3. The number of aromatic nitrogens is 5. The van der Waals surface area contributed by atoms with Crippen LogP contribution in [-0.2, 0) is 7.05 Å². The Bertz CT molecular complexity index is 1080. The molecule has 27 heavy (non-hydrogen) atoms. The van der Waals surface area contributed by atoms with Gasteiger partial charge in [-0.15, -0.1) is 11.3 Å². The lowest BCUT2D eigenvalue weighted by molar-refractivity contribution is 0.750. The molecule has 0 aliphatic heterocycles. The smallest absolute Gasteiger partial charge is 0.228 e. The van der Waals surface area contributed by atoms with Crippen LogP contribution in [0.5, 0.6) is 0 Å². The SMILES string of the molecule is Cn1nc(C2CC2)cc1Nc1nccc(-c2csc(-c3ccccc3)n2)n1. The number of hydrogen-bond acceptors (Lipinski definition) is 6. The molecule has 0 amide bonds. The van der Waals surface area contributed by atoms with E-state index in [0.29, 0.717) is 11.9 Å². The molecule has 0 atom stereocenters. The van der Waals surface area contributed by atoms with Gasteiger partial charge >= 0.3 is 0 Å². The molecule has 0 spiro atoms. The van der Waals surface area contributed by atoms with Gasteiger partial charge in [-0.05, 0) is 18.9 Å². The summed E-state index contributed by atoms with van der Waals surface area (Å²) in [5.41, 5.74) is 3.91. The molecule has 1 aromatic carbocycles. The van der Waals surface area contributed by atoms with Crippen molar-refractivity contribution in [3.05, 3.63) is 59.7 Å². The number of aryl methyl sites for hydroxylation is 1. The van der Waals surface area contributed by atoms with Crippen molar-refractivity contribution in [2.75, 3.05) is 5.32 Å². The first-order valence-corrected chi connectivity index (χ1v) is 9.79. The second kappa shape index (κ2) is 6.59. The van der Waals surface area contributed by atoms with Crippen molar-refractivity contribution in [1.29, 1.82) is 0 Å². The Kier molecular flexibility index (Phi) is 3.94. The summed E-state index contributed by atoms with van der Waals surface area (Å²) in [4.78, 5) is 13.7. The summed E-state index contributed by atoms with van der Waals surface area (Å²) in [6.45, 7) is 0. The number of hydrogen-bond donors (Lipinski definition) is 1. The zero-order valence-electron chi connectivity index (χ0n) is 14.8. The quantitative estimate of drug-likeness (QED) is 0.552. The molecule has 6 nitrogen and oxygen atoms in total. The molecular formula is C20H18N6S. The Morgan fingerprint density at radius 3 is 2.74 bits per heavy atom. The van der Waals surface area contributed by atoms with Gasteiger partial charge < -0.3 is 5.32 Å². The van der Waals surface area contributed by atoms with Crippen molar-refractivity contribution >= 4 is 23.1 Å². The van der Waals surface area contributed by atoms with Gasteiger partial charge in [0.25, 0.3) is 0 Å². The maximum absolute atomic E-state index is 4.73. The van der Waals surface area contributed by atoms with Crippen LogP contribution in [0.25, 0.3) is 22.0 Å². The van der Waals surface area contributed by atoms with E-state index in [1.165, 1.54) is 12.8 Å². The van der Waals surface area contributed by atoms with Gasteiger partial charge in [-0.2, -0.15) is 5.10 Å². The number of benzene rings is 1. The molecule has 1 aliphatic rings. The van der Waals surface area contributed by atoms with E-state index in [1.54, 1.807) is 17.5 Å². The Morgan fingerprint density at radius 1 is 1.07 bits per heavy atom. The lowest BCUT2D eigenvalue weighted by Crippen LogP contribution is -2.03. The maximum atomic E-state index is 4.73. The molecule has 4 aromatic rings. The number of anilines is 2. The molecule has 134 valence electrons. The molecule has 0 bridgehead atoms. The fraction of sp³-hybridized carbons (Fsp3) is 0.200. The molecule has 0 saturated heterocycles. The van der Waals surface area contributed by atoms with Crippen LogP contribution in [0, 0.1) is 0 Å². The van der Waals surface area contributed by atoms with Crippen molar-refractivity contribution in [2.45, 2.75) is 18.8 Å². The molecule has 1 saturated carbocycles. The number of thiazole rings is 1. The van der Waals surface area contributed by atoms with Gasteiger partial charge in [0.15, 0.2) is 0 Å². The highest BCUT2D eigenvalue weighted by molar-refractivity contribution is 7.13. The van der Waals surface area contributed by atoms with Gasteiger partial charge in [0, 0.05) is 36.2 Å². The molecule has 1 N–H and O–H groups in total. The van der Waals surface area contributed by atoms with E-state index in [9.17, 15) is 0 Å². The van der Waals surface area contributed by atoms with Gasteiger partial charge in [-0.3, -0.25) is 4.68 Å². The standard InChI is InChI=1S/C20H18N6S/c1-26-18(11-16(25-26)13-7-8-13)24-20-21-10-9-15(23-20)17-12-27-19(22-17)14-5-3-2-4-6-14/h2-6,9-13H,7-8H2,1H3,(H,21,23,24). The highest BCUT2D eigenvalue weighted by Crippen LogP contribution is 2.40. The molecule has 1 fully saturated rings. The molecule has 3 heterocycles. The van der Waals surface area contributed by atoms with Crippen molar-refractivity contribution in [1.82, 2.24) is 24.7 Å². The summed E-state index contributed by atoms with van der Waals surface area (Å²) < 4.78 is 1.85. The highest BCUT2D eigenvalue weighted by Gasteiger charge is 2.27. The third-order valence-corrected chi connectivity index (χ3v) is 5.47. The van der Waals surface area contributed by atoms with Crippen molar-refractivity contribution in [3.8, 4) is 22.0 Å². The second-order valence-electron chi connectivity index (χ2n) is 6.65. The molecule has 0 radical (unpaired) electrons. The summed E-state index contributed by atoms with van der Waals surface area (Å²) in [5, 5.41) is 10.9. The minimum Gasteiger partial charge on any atom is -0.309 e. The molecule has 5 rings (SSSR count). The van der Waals surface area contributed by atoms with Gasteiger partial charge in [0.2, 0.25) is 5.95 Å². The van der Waals surface area contributed by atoms with E-state index in [2.05, 4.69) is 38.6 Å². The van der Waals surface area contributed by atoms with Crippen LogP contribution in [0.2, 0.25) is 0 Å². The van der Waals surface area contributed by atoms with Crippen molar-refractivity contribution in [3.63, 3.8) is 0 Å². The summed E-state index contributed by atoms with van der Waals surface area (Å²) in [6, 6.07) is 14.1. The molecule has 7 heteroatoms. The van der Waals surface area contributed by atoms with Gasteiger partial charge in [-0.25, -0.2) is 15.0 Å². The first-order valence-electron chi connectivity index (χ1n) is 8.91. The summed E-state index contributed by atoms with van der Waals surface area (Å²) in [7, 11) is 1.94. The minimum absolute atomic E-state index is 0.548. The molecule has 0 unspecified atom stereocenters. The average molecular weight is 374 g/mol. The lowest BCUT2D eigenvalue weighted by Gasteiger charge is -2.05. The highest BCUT2D eigenvalue weighted by atomic mass is 32.1. The zero-order chi connectivity index (χ0) is 18.2. The second-order valence-corrected chi connectivity index (χ2v) is 7.50. The van der Waals surface area contributed by atoms with E-state index < -0.39 is 0 Å². The molecular weight excluding hydrogens is 356 g/mol. The Hall–Kier alpha value is -3.06. The lowest BCUT2D eigenvalue weighted by atomic mass is 10.2. The third-order valence-electron chi connectivity index (χ3n) is 4.58. The zero-order valence-corrected chi connectivity index (χ0v) is 15.6. The fourth-order valence-corrected chi connectivity index (χ4v) is 3.79. The summed E-state index contributed by atoms with van der Waals surface area (Å²) >= 11 is 1.62. The topological polar surface area (TPSA) is 68.5 Å². The molecule has 1 aliphatic carbocycles. The first kappa shape index (κ1) is 16.1. The van der Waals surface area contributed by atoms with Crippen LogP contribution in [0.1, 0.15) is 24.5 Å². The number of rotatable bonds is 5. The van der Waals surface area contributed by atoms with Crippen molar-refractivity contribution in [2.24, 2.45) is 7.05 Å². The average Bonchev–Trinajstić information content (AvgIpc) is 3.32. The van der Waals surface area contributed by atoms with E-state index in [-0.39, 0.29) is 0 Å². The maximum Gasteiger partial charge on any atom is 0.228 e. The van der Waals surface area contributed by atoms with Gasteiger partial charge in [-0.1, -0.05) is 30.3 Å². The third kappa shape index (κ3) is 3.33. The van der Waals surface area contributed by atoms with Crippen LogP contribution in [-0.4, -0.2) is 24.7 Å². The Labute approximate surface area is 161 Å². The predicted molar refractivity (Wildman–Crippen MR) is 107 cm³/mol. The minimum atomic E-state index is 0.548. The summed E-state index contributed by atoms with van der Waals surface area (Å²) in [5.74, 6) is 2.06. The van der Waals surface area contributed by atoms with Crippen LogP contribution in [0.3, 0.4) is 0 Å². The Morgan fingerprint density at radius 2 is 1.93 bits per heavy atom.